The van der Waals surface area contributed by atoms with Gasteiger partial charge in [0.2, 0.25) is 5.76 Å². The number of aromatic nitrogens is 2. The second kappa shape index (κ2) is 7.52. The molecule has 0 aliphatic rings. The summed E-state index contributed by atoms with van der Waals surface area (Å²) in [6.45, 7) is 4.17. The zero-order valence-corrected chi connectivity index (χ0v) is 15.6. The summed E-state index contributed by atoms with van der Waals surface area (Å²) in [7, 11) is 0. The Kier molecular flexibility index (Phi) is 4.76. The van der Waals surface area contributed by atoms with Crippen LogP contribution < -0.4 is 5.32 Å². The molecule has 0 atom stereocenters. The molecule has 28 heavy (non-hydrogen) atoms. The SMILES string of the molecule is Cc1ccc(-c2cc(C(=O)NCc3noc(-c4ccccc4)c3C)on2)cc1. The van der Waals surface area contributed by atoms with Crippen LogP contribution >= 0.6 is 0 Å². The Bertz CT molecular complexity index is 1100. The lowest BCUT2D eigenvalue weighted by molar-refractivity contribution is 0.0913. The molecule has 4 aromatic rings. The fourth-order valence-electron chi connectivity index (χ4n) is 2.89. The normalized spacial score (nSPS) is 10.8. The van der Waals surface area contributed by atoms with Gasteiger partial charge in [0, 0.05) is 22.8 Å². The van der Waals surface area contributed by atoms with Gasteiger partial charge in [-0.25, -0.2) is 0 Å². The Morgan fingerprint density at radius 1 is 0.929 bits per heavy atom. The highest BCUT2D eigenvalue weighted by molar-refractivity contribution is 5.92. The zero-order chi connectivity index (χ0) is 19.5. The van der Waals surface area contributed by atoms with E-state index in [1.54, 1.807) is 6.07 Å². The third-order valence-electron chi connectivity index (χ3n) is 4.55. The molecule has 2 heterocycles. The van der Waals surface area contributed by atoms with Crippen molar-refractivity contribution in [1.29, 1.82) is 0 Å². The summed E-state index contributed by atoms with van der Waals surface area (Å²) >= 11 is 0. The summed E-state index contributed by atoms with van der Waals surface area (Å²) < 4.78 is 10.7. The van der Waals surface area contributed by atoms with Crippen molar-refractivity contribution in [2.24, 2.45) is 0 Å². The van der Waals surface area contributed by atoms with Gasteiger partial charge in [-0.1, -0.05) is 70.5 Å². The molecule has 2 aromatic heterocycles. The van der Waals surface area contributed by atoms with Crippen LogP contribution in [-0.4, -0.2) is 16.2 Å². The quantitative estimate of drug-likeness (QED) is 0.555. The molecule has 0 fully saturated rings. The molecule has 0 saturated heterocycles. The van der Waals surface area contributed by atoms with E-state index in [-0.39, 0.29) is 18.2 Å². The van der Waals surface area contributed by atoms with Crippen molar-refractivity contribution in [2.45, 2.75) is 20.4 Å². The minimum absolute atomic E-state index is 0.153. The lowest BCUT2D eigenvalue weighted by atomic mass is 10.1. The first kappa shape index (κ1) is 17.7. The summed E-state index contributed by atoms with van der Waals surface area (Å²) in [6, 6.07) is 19.2. The molecule has 6 heteroatoms. The van der Waals surface area contributed by atoms with Crippen molar-refractivity contribution in [3.05, 3.63) is 83.2 Å². The van der Waals surface area contributed by atoms with E-state index in [2.05, 4.69) is 15.6 Å². The van der Waals surface area contributed by atoms with E-state index < -0.39 is 0 Å². The lowest BCUT2D eigenvalue weighted by Crippen LogP contribution is -2.22. The second-order valence-corrected chi connectivity index (χ2v) is 6.57. The number of hydrogen-bond acceptors (Lipinski definition) is 5. The maximum atomic E-state index is 12.4. The highest BCUT2D eigenvalue weighted by Crippen LogP contribution is 2.25. The first-order chi connectivity index (χ1) is 13.6. The molecule has 0 spiro atoms. The van der Waals surface area contributed by atoms with Crippen molar-refractivity contribution < 1.29 is 13.8 Å². The number of rotatable bonds is 5. The molecule has 0 saturated carbocycles. The van der Waals surface area contributed by atoms with Crippen LogP contribution in [0.1, 0.15) is 27.4 Å². The van der Waals surface area contributed by atoms with Gasteiger partial charge in [0.25, 0.3) is 5.91 Å². The molecule has 0 radical (unpaired) electrons. The van der Waals surface area contributed by atoms with Crippen LogP contribution in [0.3, 0.4) is 0 Å². The third-order valence-corrected chi connectivity index (χ3v) is 4.55. The molecule has 4 rings (SSSR count). The number of nitrogens with zero attached hydrogens (tertiary/aromatic N) is 2. The minimum atomic E-state index is -0.352. The van der Waals surface area contributed by atoms with E-state index in [0.29, 0.717) is 17.1 Å². The van der Waals surface area contributed by atoms with Crippen molar-refractivity contribution in [2.75, 3.05) is 0 Å². The van der Waals surface area contributed by atoms with Crippen LogP contribution in [0.5, 0.6) is 0 Å². The Morgan fingerprint density at radius 3 is 2.43 bits per heavy atom. The fourth-order valence-corrected chi connectivity index (χ4v) is 2.89. The number of carbonyl (C=O) groups is 1. The fraction of sp³-hybridized carbons (Fsp3) is 0.136. The van der Waals surface area contributed by atoms with Gasteiger partial charge in [0.05, 0.1) is 6.54 Å². The van der Waals surface area contributed by atoms with Gasteiger partial charge < -0.3 is 14.4 Å². The minimum Gasteiger partial charge on any atom is -0.356 e. The molecule has 2 aromatic carbocycles. The van der Waals surface area contributed by atoms with E-state index >= 15 is 0 Å². The monoisotopic (exact) mass is 373 g/mol. The van der Waals surface area contributed by atoms with E-state index in [0.717, 1.165) is 22.3 Å². The van der Waals surface area contributed by atoms with Crippen LogP contribution in [0.15, 0.2) is 69.7 Å². The average Bonchev–Trinajstić information content (AvgIpc) is 3.35. The van der Waals surface area contributed by atoms with Crippen LogP contribution in [0.25, 0.3) is 22.6 Å². The van der Waals surface area contributed by atoms with Gasteiger partial charge in [-0.2, -0.15) is 0 Å². The van der Waals surface area contributed by atoms with Gasteiger partial charge >= 0.3 is 0 Å². The molecule has 1 N–H and O–H groups in total. The van der Waals surface area contributed by atoms with E-state index in [1.165, 1.54) is 0 Å². The Morgan fingerprint density at radius 2 is 1.68 bits per heavy atom. The number of amides is 1. The van der Waals surface area contributed by atoms with Gasteiger partial charge in [-0.15, -0.1) is 0 Å². The largest absolute Gasteiger partial charge is 0.356 e. The second-order valence-electron chi connectivity index (χ2n) is 6.57. The van der Waals surface area contributed by atoms with E-state index in [9.17, 15) is 4.79 Å². The first-order valence-corrected chi connectivity index (χ1v) is 8.94. The number of nitrogens with one attached hydrogen (secondary N) is 1. The molecular formula is C22H19N3O3. The smallest absolute Gasteiger partial charge is 0.290 e. The van der Waals surface area contributed by atoms with Crippen molar-refractivity contribution in [3.8, 4) is 22.6 Å². The number of carbonyl (C=O) groups excluding carboxylic acids is 1. The van der Waals surface area contributed by atoms with Crippen LogP contribution in [0, 0.1) is 13.8 Å². The molecule has 0 bridgehead atoms. The maximum absolute atomic E-state index is 12.4. The Hall–Kier alpha value is -3.67. The number of hydrogen-bond donors (Lipinski definition) is 1. The van der Waals surface area contributed by atoms with E-state index in [4.69, 9.17) is 9.05 Å². The molecule has 6 nitrogen and oxygen atoms in total. The first-order valence-electron chi connectivity index (χ1n) is 8.94. The molecule has 1 amide bonds. The molecule has 140 valence electrons. The van der Waals surface area contributed by atoms with Crippen molar-refractivity contribution >= 4 is 5.91 Å². The van der Waals surface area contributed by atoms with Crippen molar-refractivity contribution in [1.82, 2.24) is 15.6 Å². The predicted octanol–water partition coefficient (Wildman–Crippen LogP) is 4.54. The molecule has 0 unspecified atom stereocenters. The number of aryl methyl sites for hydroxylation is 1. The molecular weight excluding hydrogens is 354 g/mol. The average molecular weight is 373 g/mol. The van der Waals surface area contributed by atoms with Crippen LogP contribution in [-0.2, 0) is 6.54 Å². The lowest BCUT2D eigenvalue weighted by Gasteiger charge is -2.00. The maximum Gasteiger partial charge on any atom is 0.290 e. The van der Waals surface area contributed by atoms with E-state index in [1.807, 2.05) is 68.4 Å². The third kappa shape index (κ3) is 3.57. The van der Waals surface area contributed by atoms with Crippen LogP contribution in [0.2, 0.25) is 0 Å². The predicted molar refractivity (Wildman–Crippen MR) is 105 cm³/mol. The van der Waals surface area contributed by atoms with Gasteiger partial charge in [0.1, 0.15) is 11.4 Å². The zero-order valence-electron chi connectivity index (χ0n) is 15.6. The summed E-state index contributed by atoms with van der Waals surface area (Å²) in [4.78, 5) is 12.4. The summed E-state index contributed by atoms with van der Waals surface area (Å²) in [6.07, 6.45) is 0. The molecule has 0 aliphatic carbocycles. The van der Waals surface area contributed by atoms with Gasteiger partial charge in [-0.3, -0.25) is 4.79 Å². The van der Waals surface area contributed by atoms with Crippen molar-refractivity contribution in [3.63, 3.8) is 0 Å². The highest BCUT2D eigenvalue weighted by atomic mass is 16.5. The summed E-state index contributed by atoms with van der Waals surface area (Å²) in [5.74, 6) is 0.501. The topological polar surface area (TPSA) is 81.2 Å². The van der Waals surface area contributed by atoms with Gasteiger partial charge in [-0.05, 0) is 13.8 Å². The van der Waals surface area contributed by atoms with Crippen LogP contribution in [0.4, 0.5) is 0 Å². The Labute approximate surface area is 162 Å². The number of benzene rings is 2. The summed E-state index contributed by atoms with van der Waals surface area (Å²) in [5, 5.41) is 10.9. The highest BCUT2D eigenvalue weighted by Gasteiger charge is 2.17. The standard InChI is InChI=1S/C22H19N3O3/c1-14-8-10-16(11-9-14)18-12-20(27-24-18)22(26)23-13-19-15(2)21(28-25-19)17-6-4-3-5-7-17/h3-12H,13H2,1-2H3,(H,23,26). The molecule has 0 aliphatic heterocycles. The van der Waals surface area contributed by atoms with Gasteiger partial charge in [0.15, 0.2) is 5.76 Å². The Balaban J connectivity index is 1.44. The summed E-state index contributed by atoms with van der Waals surface area (Å²) in [5.41, 5.74) is 5.18.